The predicted octanol–water partition coefficient (Wildman–Crippen LogP) is 2.93. The van der Waals surface area contributed by atoms with E-state index in [1.807, 2.05) is 13.8 Å². The van der Waals surface area contributed by atoms with Gasteiger partial charge >= 0.3 is 0 Å². The molecule has 0 spiro atoms. The molecule has 3 rings (SSSR count). The van der Waals surface area contributed by atoms with Crippen LogP contribution in [-0.2, 0) is 4.74 Å². The zero-order valence-corrected chi connectivity index (χ0v) is 16.7. The molecule has 0 bridgehead atoms. The van der Waals surface area contributed by atoms with Gasteiger partial charge in [-0.2, -0.15) is 0 Å². The number of rotatable bonds is 4. The highest BCUT2D eigenvalue weighted by Gasteiger charge is 2.27. The van der Waals surface area contributed by atoms with Crippen molar-refractivity contribution in [3.05, 3.63) is 0 Å². The molecule has 0 aromatic heterocycles. The van der Waals surface area contributed by atoms with Gasteiger partial charge in [0.05, 0.1) is 12.2 Å². The lowest BCUT2D eigenvalue weighted by atomic mass is 9.86. The molecule has 24 heavy (non-hydrogen) atoms. The summed E-state index contributed by atoms with van der Waals surface area (Å²) in [6, 6.07) is 0. The van der Waals surface area contributed by atoms with Gasteiger partial charge in [0, 0.05) is 45.8 Å². The van der Waals surface area contributed by atoms with E-state index in [4.69, 9.17) is 4.74 Å². The summed E-state index contributed by atoms with van der Waals surface area (Å²) < 4.78 is 6.39. The van der Waals surface area contributed by atoms with Gasteiger partial charge < -0.3 is 19.4 Å². The average Bonchev–Trinajstić information content (AvgIpc) is 2.62. The summed E-state index contributed by atoms with van der Waals surface area (Å²) >= 11 is 0. The average molecular weight is 340 g/mol. The van der Waals surface area contributed by atoms with E-state index < -0.39 is 0 Å². The second kappa shape index (κ2) is 10.7. The number of hydrogen-bond donors (Lipinski definition) is 0. The van der Waals surface area contributed by atoms with E-state index in [0.717, 1.165) is 5.92 Å². The van der Waals surface area contributed by atoms with E-state index in [1.165, 1.54) is 84.3 Å². The minimum Gasteiger partial charge on any atom is -0.375 e. The topological polar surface area (TPSA) is 19.0 Å². The van der Waals surface area contributed by atoms with Crippen LogP contribution >= 0.6 is 0 Å². The highest BCUT2D eigenvalue weighted by molar-refractivity contribution is 4.80. The van der Waals surface area contributed by atoms with Crippen LogP contribution in [0.4, 0.5) is 0 Å². The van der Waals surface area contributed by atoms with Gasteiger partial charge in [0.2, 0.25) is 0 Å². The van der Waals surface area contributed by atoms with Crippen LogP contribution in [-0.4, -0.2) is 86.8 Å². The second-order valence-corrected chi connectivity index (χ2v) is 7.89. The van der Waals surface area contributed by atoms with E-state index >= 15 is 0 Å². The van der Waals surface area contributed by atoms with E-state index in [9.17, 15) is 0 Å². The fourth-order valence-corrected chi connectivity index (χ4v) is 4.24. The largest absolute Gasteiger partial charge is 0.375 e. The van der Waals surface area contributed by atoms with Crippen molar-refractivity contribution in [1.29, 1.82) is 0 Å². The minimum absolute atomic E-state index is 0.537. The van der Waals surface area contributed by atoms with Gasteiger partial charge in [0.15, 0.2) is 0 Å². The molecule has 3 fully saturated rings. The molecule has 4 heteroatoms. The fourth-order valence-electron chi connectivity index (χ4n) is 4.24. The number of hydrogen-bond acceptors (Lipinski definition) is 4. The molecular weight excluding hydrogens is 298 g/mol. The van der Waals surface area contributed by atoms with Gasteiger partial charge in [-0.3, -0.25) is 0 Å². The van der Waals surface area contributed by atoms with Crippen LogP contribution in [0, 0.1) is 5.92 Å². The number of piperidine rings is 1. The second-order valence-electron chi connectivity index (χ2n) is 7.89. The molecule has 2 saturated heterocycles. The van der Waals surface area contributed by atoms with Gasteiger partial charge in [-0.25, -0.2) is 0 Å². The molecule has 0 atom stereocenters. The molecule has 1 aliphatic carbocycles. The Morgan fingerprint density at radius 2 is 1.17 bits per heavy atom. The SMILES string of the molecule is CC.CN1CCC(OC2CCC(CN3CCN(C)CC3)CC2)CC1. The summed E-state index contributed by atoms with van der Waals surface area (Å²) in [5, 5.41) is 0. The molecule has 3 aliphatic rings. The molecule has 2 aliphatic heterocycles. The maximum absolute atomic E-state index is 6.39. The van der Waals surface area contributed by atoms with Crippen LogP contribution < -0.4 is 0 Å². The smallest absolute Gasteiger partial charge is 0.0603 e. The summed E-state index contributed by atoms with van der Waals surface area (Å²) in [6.07, 6.45) is 8.91. The normalized spacial score (nSPS) is 31.5. The number of likely N-dealkylation sites (tertiary alicyclic amines) is 1. The van der Waals surface area contributed by atoms with Crippen LogP contribution in [0.5, 0.6) is 0 Å². The third-order valence-corrected chi connectivity index (χ3v) is 5.96. The molecule has 0 unspecified atom stereocenters. The Kier molecular flexibility index (Phi) is 9.02. The van der Waals surface area contributed by atoms with Crippen molar-refractivity contribution in [2.75, 3.05) is 59.9 Å². The summed E-state index contributed by atoms with van der Waals surface area (Å²) in [7, 11) is 4.46. The number of likely N-dealkylation sites (N-methyl/N-ethyl adjacent to an activating group) is 1. The highest BCUT2D eigenvalue weighted by Crippen LogP contribution is 2.29. The lowest BCUT2D eigenvalue weighted by Crippen LogP contribution is -2.46. The van der Waals surface area contributed by atoms with Crippen molar-refractivity contribution >= 4 is 0 Å². The number of nitrogens with zero attached hydrogens (tertiary/aromatic N) is 3. The highest BCUT2D eigenvalue weighted by atomic mass is 16.5. The van der Waals surface area contributed by atoms with Crippen LogP contribution in [0.3, 0.4) is 0 Å². The zero-order valence-electron chi connectivity index (χ0n) is 16.7. The van der Waals surface area contributed by atoms with Crippen molar-refractivity contribution in [2.24, 2.45) is 5.92 Å². The fraction of sp³-hybridized carbons (Fsp3) is 1.00. The van der Waals surface area contributed by atoms with Crippen LogP contribution in [0.2, 0.25) is 0 Å². The molecule has 4 nitrogen and oxygen atoms in total. The summed E-state index contributed by atoms with van der Waals surface area (Å²) in [4.78, 5) is 7.55. The molecule has 0 N–H and O–H groups in total. The summed E-state index contributed by atoms with van der Waals surface area (Å²) in [5.41, 5.74) is 0. The third kappa shape index (κ3) is 6.62. The first kappa shape index (κ1) is 20.2. The Morgan fingerprint density at radius 3 is 1.75 bits per heavy atom. The molecule has 2 heterocycles. The Balaban J connectivity index is 0.00000100. The molecule has 0 aromatic carbocycles. The van der Waals surface area contributed by atoms with Crippen LogP contribution in [0.15, 0.2) is 0 Å². The van der Waals surface area contributed by atoms with Gasteiger partial charge in [0.1, 0.15) is 0 Å². The van der Waals surface area contributed by atoms with Crippen molar-refractivity contribution in [1.82, 2.24) is 14.7 Å². The quantitative estimate of drug-likeness (QED) is 0.784. The number of ether oxygens (including phenoxy) is 1. The third-order valence-electron chi connectivity index (χ3n) is 5.96. The summed E-state index contributed by atoms with van der Waals surface area (Å²) in [6.45, 7) is 12.8. The summed E-state index contributed by atoms with van der Waals surface area (Å²) in [5.74, 6) is 0.917. The first-order chi connectivity index (χ1) is 11.7. The number of piperazine rings is 1. The van der Waals surface area contributed by atoms with E-state index in [1.54, 1.807) is 0 Å². The van der Waals surface area contributed by atoms with Crippen LogP contribution in [0.1, 0.15) is 52.4 Å². The van der Waals surface area contributed by atoms with Crippen LogP contribution in [0.25, 0.3) is 0 Å². The van der Waals surface area contributed by atoms with Crippen molar-refractivity contribution in [3.63, 3.8) is 0 Å². The standard InChI is InChI=1S/C18H35N3O.C2H6/c1-19-9-7-18(8-10-19)22-17-5-3-16(4-6-17)15-21-13-11-20(2)12-14-21;1-2/h16-18H,3-15H2,1-2H3;1-2H3. The Labute approximate surface area is 150 Å². The van der Waals surface area contributed by atoms with Gasteiger partial charge in [0.25, 0.3) is 0 Å². The molecule has 0 aromatic rings. The molecule has 142 valence electrons. The monoisotopic (exact) mass is 339 g/mol. The van der Waals surface area contributed by atoms with Crippen molar-refractivity contribution in [3.8, 4) is 0 Å². The van der Waals surface area contributed by atoms with E-state index in [0.29, 0.717) is 12.2 Å². The Hall–Kier alpha value is -0.160. The minimum atomic E-state index is 0.537. The first-order valence-electron chi connectivity index (χ1n) is 10.4. The van der Waals surface area contributed by atoms with Gasteiger partial charge in [-0.15, -0.1) is 0 Å². The zero-order chi connectivity index (χ0) is 17.4. The molecule has 0 radical (unpaired) electrons. The van der Waals surface area contributed by atoms with Gasteiger partial charge in [-0.05, 0) is 58.5 Å². The van der Waals surface area contributed by atoms with Gasteiger partial charge in [-0.1, -0.05) is 13.8 Å². The molecule has 0 amide bonds. The Morgan fingerprint density at radius 1 is 0.667 bits per heavy atom. The lowest BCUT2D eigenvalue weighted by Gasteiger charge is -2.38. The van der Waals surface area contributed by atoms with E-state index in [-0.39, 0.29) is 0 Å². The first-order valence-corrected chi connectivity index (χ1v) is 10.4. The maximum atomic E-state index is 6.39. The molecular formula is C20H41N3O. The Bertz CT molecular complexity index is 283. The lowest BCUT2D eigenvalue weighted by molar-refractivity contribution is -0.0602. The van der Waals surface area contributed by atoms with Crippen molar-refractivity contribution in [2.45, 2.75) is 64.6 Å². The predicted molar refractivity (Wildman–Crippen MR) is 103 cm³/mol. The van der Waals surface area contributed by atoms with E-state index in [2.05, 4.69) is 28.8 Å². The molecule has 1 saturated carbocycles. The van der Waals surface area contributed by atoms with Crippen molar-refractivity contribution < 1.29 is 4.74 Å². The maximum Gasteiger partial charge on any atom is 0.0603 e.